The van der Waals surface area contributed by atoms with Crippen molar-refractivity contribution in [1.82, 2.24) is 5.16 Å². The minimum Gasteiger partial charge on any atom is -0.391 e. The van der Waals surface area contributed by atoms with Crippen LogP contribution in [0.1, 0.15) is 55.0 Å². The van der Waals surface area contributed by atoms with Crippen LogP contribution in [-0.4, -0.2) is 10.3 Å². The van der Waals surface area contributed by atoms with Crippen LogP contribution in [0.4, 0.5) is 0 Å². The van der Waals surface area contributed by atoms with E-state index in [4.69, 9.17) is 4.52 Å². The highest BCUT2D eigenvalue weighted by Gasteiger charge is 2.23. The van der Waals surface area contributed by atoms with E-state index in [1.54, 1.807) is 0 Å². The van der Waals surface area contributed by atoms with Gasteiger partial charge in [-0.25, -0.2) is 0 Å². The molecule has 0 saturated heterocycles. The summed E-state index contributed by atoms with van der Waals surface area (Å²) in [6.45, 7) is 1.92. The van der Waals surface area contributed by atoms with E-state index in [1.807, 2.05) is 6.92 Å². The van der Waals surface area contributed by atoms with Crippen molar-refractivity contribution in [2.45, 2.75) is 51.6 Å². The van der Waals surface area contributed by atoms with Crippen molar-refractivity contribution in [3.05, 3.63) is 17.0 Å². The molecule has 14 heavy (non-hydrogen) atoms. The zero-order chi connectivity index (χ0) is 9.97. The Morgan fingerprint density at radius 2 is 2.07 bits per heavy atom. The Labute approximate surface area is 84.1 Å². The van der Waals surface area contributed by atoms with Gasteiger partial charge in [0, 0.05) is 11.5 Å². The van der Waals surface area contributed by atoms with Crippen molar-refractivity contribution >= 4 is 0 Å². The van der Waals surface area contributed by atoms with Gasteiger partial charge >= 0.3 is 0 Å². The summed E-state index contributed by atoms with van der Waals surface area (Å²) in [5.74, 6) is 1.29. The lowest BCUT2D eigenvalue weighted by molar-refractivity contribution is 0.276. The third kappa shape index (κ3) is 1.69. The Balaban J connectivity index is 2.21. The van der Waals surface area contributed by atoms with Gasteiger partial charge in [0.1, 0.15) is 5.76 Å². The van der Waals surface area contributed by atoms with E-state index in [0.29, 0.717) is 5.92 Å². The van der Waals surface area contributed by atoms with Crippen LogP contribution in [0.25, 0.3) is 0 Å². The summed E-state index contributed by atoms with van der Waals surface area (Å²) in [6.07, 6.45) is 6.28. The molecule has 2 rings (SSSR count). The summed E-state index contributed by atoms with van der Waals surface area (Å²) >= 11 is 0. The number of hydrogen-bond acceptors (Lipinski definition) is 3. The van der Waals surface area contributed by atoms with Gasteiger partial charge in [-0.15, -0.1) is 0 Å². The van der Waals surface area contributed by atoms with Crippen LogP contribution in [0.5, 0.6) is 0 Å². The summed E-state index contributed by atoms with van der Waals surface area (Å²) < 4.78 is 5.13. The van der Waals surface area contributed by atoms with Gasteiger partial charge in [0.25, 0.3) is 0 Å². The first-order valence-electron chi connectivity index (χ1n) is 5.39. The van der Waals surface area contributed by atoms with Gasteiger partial charge in [0.2, 0.25) is 0 Å². The Kier molecular flexibility index (Phi) is 2.87. The summed E-state index contributed by atoms with van der Waals surface area (Å²) in [7, 11) is 0. The molecule has 0 aliphatic heterocycles. The number of rotatable bonds is 2. The first kappa shape index (κ1) is 9.71. The van der Waals surface area contributed by atoms with E-state index in [9.17, 15) is 5.11 Å². The number of aliphatic hydroxyl groups excluding tert-OH is 1. The largest absolute Gasteiger partial charge is 0.391 e. The highest BCUT2D eigenvalue weighted by molar-refractivity contribution is 5.24. The van der Waals surface area contributed by atoms with Gasteiger partial charge in [-0.2, -0.15) is 0 Å². The molecular weight excluding hydrogens is 178 g/mol. The molecule has 0 spiro atoms. The molecule has 1 heterocycles. The van der Waals surface area contributed by atoms with Crippen LogP contribution in [0.3, 0.4) is 0 Å². The fourth-order valence-electron chi connectivity index (χ4n) is 2.30. The third-order valence-corrected chi connectivity index (χ3v) is 3.17. The molecule has 1 fully saturated rings. The highest BCUT2D eigenvalue weighted by Crippen LogP contribution is 2.34. The number of aryl methyl sites for hydroxylation is 1. The van der Waals surface area contributed by atoms with Gasteiger partial charge in [-0.3, -0.25) is 0 Å². The molecule has 3 heteroatoms. The van der Waals surface area contributed by atoms with Gasteiger partial charge in [0.05, 0.1) is 12.3 Å². The number of nitrogens with zero attached hydrogens (tertiary/aromatic N) is 1. The summed E-state index contributed by atoms with van der Waals surface area (Å²) in [4.78, 5) is 0. The highest BCUT2D eigenvalue weighted by atomic mass is 16.5. The maximum Gasteiger partial charge on any atom is 0.139 e. The second kappa shape index (κ2) is 4.13. The first-order valence-corrected chi connectivity index (χ1v) is 5.39. The second-order valence-electron chi connectivity index (χ2n) is 4.10. The normalized spacial score (nSPS) is 18.7. The Morgan fingerprint density at radius 1 is 1.36 bits per heavy atom. The smallest absolute Gasteiger partial charge is 0.139 e. The maximum atomic E-state index is 9.22. The molecule has 3 nitrogen and oxygen atoms in total. The molecule has 0 unspecified atom stereocenters. The molecule has 0 radical (unpaired) electrons. The summed E-state index contributed by atoms with van der Waals surface area (Å²) in [5, 5.41) is 13.3. The topological polar surface area (TPSA) is 46.3 Å². The average Bonchev–Trinajstić information content (AvgIpc) is 2.61. The van der Waals surface area contributed by atoms with Crippen molar-refractivity contribution in [3.8, 4) is 0 Å². The van der Waals surface area contributed by atoms with Gasteiger partial charge in [-0.05, 0) is 19.8 Å². The molecule has 1 aromatic heterocycles. The van der Waals surface area contributed by atoms with Crippen LogP contribution in [0.15, 0.2) is 4.52 Å². The molecule has 1 saturated carbocycles. The molecule has 1 N–H and O–H groups in total. The lowest BCUT2D eigenvalue weighted by Gasteiger charge is -2.19. The van der Waals surface area contributed by atoms with Crippen molar-refractivity contribution in [1.29, 1.82) is 0 Å². The van der Waals surface area contributed by atoms with E-state index in [1.165, 1.54) is 32.1 Å². The molecule has 0 bridgehead atoms. The monoisotopic (exact) mass is 195 g/mol. The van der Waals surface area contributed by atoms with Crippen molar-refractivity contribution in [2.24, 2.45) is 0 Å². The van der Waals surface area contributed by atoms with E-state index in [0.717, 1.165) is 17.0 Å². The van der Waals surface area contributed by atoms with Gasteiger partial charge < -0.3 is 9.63 Å². The predicted molar refractivity (Wildman–Crippen MR) is 53.0 cm³/mol. The van der Waals surface area contributed by atoms with Crippen molar-refractivity contribution in [2.75, 3.05) is 0 Å². The van der Waals surface area contributed by atoms with Crippen LogP contribution in [-0.2, 0) is 6.61 Å². The fourth-order valence-corrected chi connectivity index (χ4v) is 2.30. The van der Waals surface area contributed by atoms with E-state index in [2.05, 4.69) is 5.16 Å². The number of aliphatic hydroxyl groups is 1. The van der Waals surface area contributed by atoms with Gasteiger partial charge in [0.15, 0.2) is 0 Å². The molecule has 1 aliphatic rings. The van der Waals surface area contributed by atoms with Gasteiger partial charge in [-0.1, -0.05) is 24.4 Å². The Bertz CT molecular complexity index is 300. The summed E-state index contributed by atoms with van der Waals surface area (Å²) in [5.41, 5.74) is 1.92. The standard InChI is InChI=1S/C11H17NO2/c1-8-10(7-13)11(12-14-8)9-5-3-2-4-6-9/h9,13H,2-7H2,1H3. The predicted octanol–water partition coefficient (Wildman–Crippen LogP) is 2.52. The Hall–Kier alpha value is -0.830. The average molecular weight is 195 g/mol. The molecule has 0 aromatic carbocycles. The molecule has 0 amide bonds. The SMILES string of the molecule is Cc1onc(C2CCCCC2)c1CO. The van der Waals surface area contributed by atoms with E-state index < -0.39 is 0 Å². The van der Waals surface area contributed by atoms with Crippen LogP contribution >= 0.6 is 0 Å². The van der Waals surface area contributed by atoms with Crippen molar-refractivity contribution in [3.63, 3.8) is 0 Å². The Morgan fingerprint density at radius 3 is 2.71 bits per heavy atom. The zero-order valence-electron chi connectivity index (χ0n) is 8.62. The van der Waals surface area contributed by atoms with Crippen LogP contribution in [0.2, 0.25) is 0 Å². The second-order valence-corrected chi connectivity index (χ2v) is 4.10. The molecular formula is C11H17NO2. The minimum atomic E-state index is 0.0567. The van der Waals surface area contributed by atoms with Crippen LogP contribution in [0, 0.1) is 6.92 Å². The van der Waals surface area contributed by atoms with E-state index in [-0.39, 0.29) is 6.61 Å². The summed E-state index contributed by atoms with van der Waals surface area (Å²) in [6, 6.07) is 0. The minimum absolute atomic E-state index is 0.0567. The maximum absolute atomic E-state index is 9.22. The zero-order valence-corrected chi connectivity index (χ0v) is 8.62. The lowest BCUT2D eigenvalue weighted by Crippen LogP contribution is -2.07. The molecule has 78 valence electrons. The number of hydrogen-bond donors (Lipinski definition) is 1. The fraction of sp³-hybridized carbons (Fsp3) is 0.727. The lowest BCUT2D eigenvalue weighted by atomic mass is 9.85. The molecule has 1 aliphatic carbocycles. The van der Waals surface area contributed by atoms with Crippen molar-refractivity contribution < 1.29 is 9.63 Å². The molecule has 0 atom stereocenters. The molecule has 1 aromatic rings. The number of aromatic nitrogens is 1. The quantitative estimate of drug-likeness (QED) is 0.788. The van der Waals surface area contributed by atoms with E-state index >= 15 is 0 Å². The van der Waals surface area contributed by atoms with Crippen LogP contribution < -0.4 is 0 Å². The first-order chi connectivity index (χ1) is 6.83. The third-order valence-electron chi connectivity index (χ3n) is 3.17.